The van der Waals surface area contributed by atoms with E-state index in [1.807, 2.05) is 0 Å². The van der Waals surface area contributed by atoms with Gasteiger partial charge in [0.05, 0.1) is 5.52 Å². The van der Waals surface area contributed by atoms with E-state index in [0.717, 1.165) is 0 Å². The van der Waals surface area contributed by atoms with E-state index in [1.165, 1.54) is 35.3 Å². The Morgan fingerprint density at radius 1 is 1.14 bits per heavy atom. The largest absolute Gasteiger partial charge is 0.482 e. The van der Waals surface area contributed by atoms with Gasteiger partial charge in [0, 0.05) is 28.8 Å². The third-order valence-electron chi connectivity index (χ3n) is 4.95. The number of fused-ring (bicyclic) bond motifs is 1. The number of carbonyl (C=O) groups excluding carboxylic acids is 1. The Morgan fingerprint density at radius 2 is 1.89 bits per heavy atom. The van der Waals surface area contributed by atoms with Crippen LogP contribution in [0.1, 0.15) is 38.3 Å². The van der Waals surface area contributed by atoms with Crippen LogP contribution in [-0.4, -0.2) is 43.0 Å². The standard InChI is InChI=1S/C25H26FN5O4/c1-15-11-21(30-31(15)24(33)16-5-7-17(26)8-6-16)29-23-19-10-9-18(12-20(19)27-14-28-23)34-13-22(32)35-25(2,3)4/h5-12,14,24,33H,13H2,1-4H3,(H,27,28,29,30). The molecule has 1 unspecified atom stereocenters. The number of benzene rings is 2. The first-order valence-corrected chi connectivity index (χ1v) is 11.0. The first-order valence-electron chi connectivity index (χ1n) is 11.0. The number of aryl methyl sites for hydroxylation is 1. The fourth-order valence-electron chi connectivity index (χ4n) is 3.43. The van der Waals surface area contributed by atoms with E-state index in [4.69, 9.17) is 9.47 Å². The van der Waals surface area contributed by atoms with Crippen LogP contribution in [0.3, 0.4) is 0 Å². The van der Waals surface area contributed by atoms with Gasteiger partial charge in [0.1, 0.15) is 29.3 Å². The van der Waals surface area contributed by atoms with Gasteiger partial charge in [-0.25, -0.2) is 23.8 Å². The topological polar surface area (TPSA) is 111 Å². The summed E-state index contributed by atoms with van der Waals surface area (Å²) in [6.45, 7) is 6.96. The average Bonchev–Trinajstić information content (AvgIpc) is 3.16. The summed E-state index contributed by atoms with van der Waals surface area (Å²) in [5.74, 6) is 0.602. The Morgan fingerprint density at radius 3 is 2.60 bits per heavy atom. The van der Waals surface area contributed by atoms with E-state index < -0.39 is 17.8 Å². The lowest BCUT2D eigenvalue weighted by atomic mass is 10.2. The van der Waals surface area contributed by atoms with Gasteiger partial charge in [-0.2, -0.15) is 5.10 Å². The van der Waals surface area contributed by atoms with E-state index in [-0.39, 0.29) is 12.4 Å². The van der Waals surface area contributed by atoms with Crippen molar-refractivity contribution in [2.75, 3.05) is 11.9 Å². The van der Waals surface area contributed by atoms with Gasteiger partial charge in [-0.05, 0) is 52.0 Å². The Labute approximate surface area is 201 Å². The highest BCUT2D eigenvalue weighted by molar-refractivity contribution is 5.91. The van der Waals surface area contributed by atoms with Crippen molar-refractivity contribution < 1.29 is 23.8 Å². The van der Waals surface area contributed by atoms with Crippen LogP contribution in [0.25, 0.3) is 10.9 Å². The Balaban J connectivity index is 1.50. The number of nitrogens with one attached hydrogen (secondary N) is 1. The van der Waals surface area contributed by atoms with Crippen molar-refractivity contribution in [3.63, 3.8) is 0 Å². The van der Waals surface area contributed by atoms with Crippen molar-refractivity contribution in [1.82, 2.24) is 19.7 Å². The number of anilines is 2. The Hall–Kier alpha value is -4.05. The summed E-state index contributed by atoms with van der Waals surface area (Å²) in [6.07, 6.45) is 0.331. The zero-order valence-electron chi connectivity index (χ0n) is 19.8. The molecule has 1 atom stereocenters. The maximum Gasteiger partial charge on any atom is 0.344 e. The van der Waals surface area contributed by atoms with Crippen LogP contribution in [0.5, 0.6) is 5.75 Å². The summed E-state index contributed by atoms with van der Waals surface area (Å²) in [5.41, 5.74) is 1.22. The molecule has 0 amide bonds. The second-order valence-corrected chi connectivity index (χ2v) is 8.94. The van der Waals surface area contributed by atoms with E-state index in [1.54, 1.807) is 52.0 Å². The van der Waals surface area contributed by atoms with Gasteiger partial charge in [0.15, 0.2) is 18.7 Å². The molecule has 2 aromatic carbocycles. The molecule has 0 radical (unpaired) electrons. The maximum absolute atomic E-state index is 13.2. The third-order valence-corrected chi connectivity index (χ3v) is 4.95. The molecule has 2 heterocycles. The number of ether oxygens (including phenoxy) is 2. The number of rotatable bonds is 7. The number of aliphatic hydroxyl groups is 1. The normalized spacial score (nSPS) is 12.4. The molecule has 0 spiro atoms. The molecule has 0 fully saturated rings. The second-order valence-electron chi connectivity index (χ2n) is 8.94. The minimum atomic E-state index is -1.07. The molecule has 9 nitrogen and oxygen atoms in total. The lowest BCUT2D eigenvalue weighted by molar-refractivity contribution is -0.157. The Kier molecular flexibility index (Phi) is 6.65. The predicted octanol–water partition coefficient (Wildman–Crippen LogP) is 4.28. The minimum absolute atomic E-state index is 0.216. The lowest BCUT2D eigenvalue weighted by Gasteiger charge is -2.19. The first kappa shape index (κ1) is 24.1. The van der Waals surface area contributed by atoms with Crippen LogP contribution < -0.4 is 10.1 Å². The van der Waals surface area contributed by atoms with Crippen LogP contribution >= 0.6 is 0 Å². The van der Waals surface area contributed by atoms with Gasteiger partial charge in [-0.15, -0.1) is 0 Å². The molecule has 2 N–H and O–H groups in total. The van der Waals surface area contributed by atoms with Gasteiger partial charge in [-0.3, -0.25) is 0 Å². The summed E-state index contributed by atoms with van der Waals surface area (Å²) in [4.78, 5) is 20.5. The summed E-state index contributed by atoms with van der Waals surface area (Å²) in [5, 5.41) is 19.0. The fourth-order valence-corrected chi connectivity index (χ4v) is 3.43. The quantitative estimate of drug-likeness (QED) is 0.378. The average molecular weight is 480 g/mol. The highest BCUT2D eigenvalue weighted by Gasteiger charge is 2.18. The van der Waals surface area contributed by atoms with Crippen LogP contribution in [0.2, 0.25) is 0 Å². The number of hydrogen-bond acceptors (Lipinski definition) is 8. The molecule has 10 heteroatoms. The van der Waals surface area contributed by atoms with Crippen LogP contribution in [0, 0.1) is 12.7 Å². The van der Waals surface area contributed by atoms with Gasteiger partial charge < -0.3 is 19.9 Å². The smallest absolute Gasteiger partial charge is 0.344 e. The minimum Gasteiger partial charge on any atom is -0.482 e. The molecule has 182 valence electrons. The molecule has 35 heavy (non-hydrogen) atoms. The van der Waals surface area contributed by atoms with Gasteiger partial charge in [0.2, 0.25) is 0 Å². The van der Waals surface area contributed by atoms with Crippen LogP contribution in [0.15, 0.2) is 54.9 Å². The van der Waals surface area contributed by atoms with Crippen LogP contribution in [-0.2, 0) is 9.53 Å². The molecule has 0 saturated heterocycles. The van der Waals surface area contributed by atoms with Crippen molar-refractivity contribution in [3.05, 3.63) is 71.9 Å². The number of aliphatic hydroxyl groups excluding tert-OH is 1. The van der Waals surface area contributed by atoms with E-state index in [0.29, 0.717) is 39.5 Å². The van der Waals surface area contributed by atoms with E-state index in [9.17, 15) is 14.3 Å². The summed E-state index contributed by atoms with van der Waals surface area (Å²) < 4.78 is 25.4. The molecule has 0 aliphatic rings. The molecule has 0 aliphatic carbocycles. The SMILES string of the molecule is Cc1cc(Nc2ncnc3cc(OCC(=O)OC(C)(C)C)ccc23)nn1C(O)c1ccc(F)cc1. The molecular formula is C25H26FN5O4. The van der Waals surface area contributed by atoms with Gasteiger partial charge in [-0.1, -0.05) is 12.1 Å². The van der Waals surface area contributed by atoms with Crippen LogP contribution in [0.4, 0.5) is 16.0 Å². The van der Waals surface area contributed by atoms with Crippen molar-refractivity contribution in [2.24, 2.45) is 0 Å². The molecule has 4 rings (SSSR count). The fraction of sp³-hybridized carbons (Fsp3) is 0.280. The molecule has 0 saturated carbocycles. The summed E-state index contributed by atoms with van der Waals surface area (Å²) >= 11 is 0. The van der Waals surface area contributed by atoms with Crippen molar-refractivity contribution in [3.8, 4) is 5.75 Å². The number of halogens is 1. The monoisotopic (exact) mass is 479 g/mol. The number of nitrogens with zero attached hydrogens (tertiary/aromatic N) is 4. The van der Waals surface area contributed by atoms with Gasteiger partial charge >= 0.3 is 5.97 Å². The summed E-state index contributed by atoms with van der Waals surface area (Å²) in [6, 6.07) is 12.5. The van der Waals surface area contributed by atoms with E-state index >= 15 is 0 Å². The maximum atomic E-state index is 13.2. The molecule has 0 aliphatic heterocycles. The third kappa shape index (κ3) is 5.90. The Bertz CT molecular complexity index is 1350. The molecular weight excluding hydrogens is 453 g/mol. The predicted molar refractivity (Wildman–Crippen MR) is 128 cm³/mol. The number of aromatic nitrogens is 4. The number of esters is 1. The van der Waals surface area contributed by atoms with E-state index in [2.05, 4.69) is 20.4 Å². The molecule has 0 bridgehead atoms. The lowest BCUT2D eigenvalue weighted by Crippen LogP contribution is -2.27. The summed E-state index contributed by atoms with van der Waals surface area (Å²) in [7, 11) is 0. The zero-order chi connectivity index (χ0) is 25.2. The molecule has 4 aromatic rings. The first-order chi connectivity index (χ1) is 16.6. The van der Waals surface area contributed by atoms with Crippen molar-refractivity contribution in [1.29, 1.82) is 0 Å². The highest BCUT2D eigenvalue weighted by Crippen LogP contribution is 2.27. The van der Waals surface area contributed by atoms with Gasteiger partial charge in [0.25, 0.3) is 0 Å². The number of carbonyl (C=O) groups is 1. The molecule has 2 aromatic heterocycles. The van der Waals surface area contributed by atoms with Crippen molar-refractivity contribution in [2.45, 2.75) is 39.5 Å². The highest BCUT2D eigenvalue weighted by atomic mass is 19.1. The van der Waals surface area contributed by atoms with Crippen molar-refractivity contribution >= 4 is 28.5 Å². The number of hydrogen-bond donors (Lipinski definition) is 2. The zero-order valence-corrected chi connectivity index (χ0v) is 19.8. The second kappa shape index (κ2) is 9.67.